The normalized spacial score (nSPS) is 15.1. The molecule has 2 aromatic heterocycles. The second kappa shape index (κ2) is 7.38. The number of methoxy groups -OCH3 is 1. The van der Waals surface area contributed by atoms with Crippen LogP contribution in [0.1, 0.15) is 6.42 Å². The third-order valence-electron chi connectivity index (χ3n) is 3.90. The lowest BCUT2D eigenvalue weighted by Gasteiger charge is -2.07. The van der Waals surface area contributed by atoms with Crippen LogP contribution in [0, 0.1) is 0 Å². The van der Waals surface area contributed by atoms with E-state index in [1.165, 1.54) is 0 Å². The van der Waals surface area contributed by atoms with Gasteiger partial charge in [0.1, 0.15) is 5.75 Å². The van der Waals surface area contributed by atoms with Crippen LogP contribution in [-0.4, -0.2) is 52.2 Å². The van der Waals surface area contributed by atoms with Crippen molar-refractivity contribution in [3.63, 3.8) is 0 Å². The minimum atomic E-state index is -0.102. The van der Waals surface area contributed by atoms with Gasteiger partial charge in [0.25, 0.3) is 0 Å². The van der Waals surface area contributed by atoms with Gasteiger partial charge in [0.05, 0.1) is 26.0 Å². The van der Waals surface area contributed by atoms with Crippen LogP contribution >= 0.6 is 11.8 Å². The summed E-state index contributed by atoms with van der Waals surface area (Å²) < 4.78 is 17.9. The zero-order valence-corrected chi connectivity index (χ0v) is 14.6. The average Bonchev–Trinajstić information content (AvgIpc) is 3.32. The van der Waals surface area contributed by atoms with Gasteiger partial charge in [-0.15, -0.1) is 10.2 Å². The first-order valence-corrected chi connectivity index (χ1v) is 9.05. The molecular formula is C17H18N4O3S. The number of aromatic nitrogens is 4. The molecule has 8 heteroatoms. The van der Waals surface area contributed by atoms with Crippen LogP contribution in [0.2, 0.25) is 0 Å². The minimum Gasteiger partial charge on any atom is -0.497 e. The fraction of sp³-hybridized carbons (Fsp3) is 0.353. The summed E-state index contributed by atoms with van der Waals surface area (Å²) in [7, 11) is 1.65. The molecule has 0 amide bonds. The maximum atomic E-state index is 5.45. The van der Waals surface area contributed by atoms with E-state index >= 15 is 0 Å². The zero-order chi connectivity index (χ0) is 17.1. The van der Waals surface area contributed by atoms with E-state index in [-0.39, 0.29) is 6.29 Å². The average molecular weight is 358 g/mol. The van der Waals surface area contributed by atoms with Crippen molar-refractivity contribution in [1.82, 2.24) is 19.8 Å². The summed E-state index contributed by atoms with van der Waals surface area (Å²) in [6.45, 7) is 1.35. The quantitative estimate of drug-likeness (QED) is 0.627. The molecule has 0 saturated carbocycles. The van der Waals surface area contributed by atoms with E-state index in [1.54, 1.807) is 23.4 Å². The van der Waals surface area contributed by atoms with Crippen LogP contribution < -0.4 is 4.74 Å². The van der Waals surface area contributed by atoms with E-state index in [0.29, 0.717) is 13.2 Å². The highest BCUT2D eigenvalue weighted by molar-refractivity contribution is 7.99. The predicted molar refractivity (Wildman–Crippen MR) is 93.8 cm³/mol. The van der Waals surface area contributed by atoms with Crippen LogP contribution in [0.25, 0.3) is 16.9 Å². The summed E-state index contributed by atoms with van der Waals surface area (Å²) >= 11 is 1.60. The molecular weight excluding hydrogens is 340 g/mol. The predicted octanol–water partition coefficient (Wildman–Crippen LogP) is 2.66. The molecule has 25 heavy (non-hydrogen) atoms. The molecule has 7 nitrogen and oxygen atoms in total. The summed E-state index contributed by atoms with van der Waals surface area (Å²) in [4.78, 5) is 0. The number of fused-ring (bicyclic) bond motifs is 1. The molecule has 1 fully saturated rings. The first kappa shape index (κ1) is 16.3. The number of ether oxygens (including phenoxy) is 3. The Balaban J connectivity index is 1.52. The van der Waals surface area contributed by atoms with Gasteiger partial charge < -0.3 is 14.2 Å². The Labute approximate surface area is 149 Å². The van der Waals surface area contributed by atoms with Crippen LogP contribution in [0.3, 0.4) is 0 Å². The van der Waals surface area contributed by atoms with Crippen molar-refractivity contribution < 1.29 is 14.2 Å². The van der Waals surface area contributed by atoms with Crippen molar-refractivity contribution in [3.05, 3.63) is 36.4 Å². The molecule has 4 rings (SSSR count). The first-order chi connectivity index (χ1) is 12.3. The van der Waals surface area contributed by atoms with Gasteiger partial charge in [-0.3, -0.25) is 0 Å². The van der Waals surface area contributed by atoms with Crippen LogP contribution in [0.15, 0.2) is 41.6 Å². The molecule has 130 valence electrons. The highest BCUT2D eigenvalue weighted by Gasteiger charge is 2.16. The second-order valence-corrected chi connectivity index (χ2v) is 6.57. The smallest absolute Gasteiger partial charge is 0.212 e. The Morgan fingerprint density at radius 3 is 2.68 bits per heavy atom. The standard InChI is InChI=1S/C17H18N4O3S/c1-22-13-4-2-12(3-5-13)14-6-7-15-18-19-17(21(15)20-14)25-11-8-16-23-9-10-24-16/h2-7,16H,8-11H2,1H3. The lowest BCUT2D eigenvalue weighted by molar-refractivity contribution is -0.0421. The summed E-state index contributed by atoms with van der Waals surface area (Å²) in [6, 6.07) is 11.7. The van der Waals surface area contributed by atoms with Crippen LogP contribution in [0.4, 0.5) is 0 Å². The fourth-order valence-electron chi connectivity index (χ4n) is 2.60. The molecule has 0 bridgehead atoms. The molecule has 1 aromatic carbocycles. The molecule has 1 aliphatic rings. The third-order valence-corrected chi connectivity index (χ3v) is 4.85. The summed E-state index contributed by atoms with van der Waals surface area (Å²) in [5.74, 6) is 1.65. The largest absolute Gasteiger partial charge is 0.497 e. The van der Waals surface area contributed by atoms with E-state index in [1.807, 2.05) is 36.4 Å². The lowest BCUT2D eigenvalue weighted by Crippen LogP contribution is -2.08. The van der Waals surface area contributed by atoms with E-state index in [0.717, 1.165) is 40.0 Å². The molecule has 0 aliphatic carbocycles. The van der Waals surface area contributed by atoms with Crippen molar-refractivity contribution in [3.8, 4) is 17.0 Å². The van der Waals surface area contributed by atoms with Crippen molar-refractivity contribution in [2.24, 2.45) is 0 Å². The van der Waals surface area contributed by atoms with E-state index in [9.17, 15) is 0 Å². The Kier molecular flexibility index (Phi) is 4.82. The topological polar surface area (TPSA) is 70.8 Å². The highest BCUT2D eigenvalue weighted by atomic mass is 32.2. The van der Waals surface area contributed by atoms with Crippen molar-refractivity contribution >= 4 is 17.4 Å². The van der Waals surface area contributed by atoms with E-state index < -0.39 is 0 Å². The maximum Gasteiger partial charge on any atom is 0.212 e. The van der Waals surface area contributed by atoms with Gasteiger partial charge in [0.2, 0.25) is 5.16 Å². The number of hydrogen-bond donors (Lipinski definition) is 0. The number of thioether (sulfide) groups is 1. The number of hydrogen-bond acceptors (Lipinski definition) is 7. The zero-order valence-electron chi connectivity index (χ0n) is 13.8. The van der Waals surface area contributed by atoms with Gasteiger partial charge in [-0.2, -0.15) is 9.61 Å². The Bertz CT molecular complexity index is 847. The maximum absolute atomic E-state index is 5.45. The van der Waals surface area contributed by atoms with Gasteiger partial charge in [0, 0.05) is 17.7 Å². The van der Waals surface area contributed by atoms with Gasteiger partial charge in [-0.05, 0) is 36.4 Å². The minimum absolute atomic E-state index is 0.102. The highest BCUT2D eigenvalue weighted by Crippen LogP contribution is 2.23. The van der Waals surface area contributed by atoms with Crippen molar-refractivity contribution in [2.45, 2.75) is 17.9 Å². The summed E-state index contributed by atoms with van der Waals surface area (Å²) in [6.07, 6.45) is 0.715. The molecule has 3 heterocycles. The molecule has 0 spiro atoms. The SMILES string of the molecule is COc1ccc(-c2ccc3nnc(SCCC4OCCO4)n3n2)cc1. The monoisotopic (exact) mass is 358 g/mol. The number of rotatable bonds is 6. The van der Waals surface area contributed by atoms with Crippen LogP contribution in [-0.2, 0) is 9.47 Å². The van der Waals surface area contributed by atoms with Crippen molar-refractivity contribution in [2.75, 3.05) is 26.1 Å². The molecule has 1 saturated heterocycles. The number of benzene rings is 1. The Morgan fingerprint density at radius 2 is 1.92 bits per heavy atom. The summed E-state index contributed by atoms with van der Waals surface area (Å²) in [5, 5.41) is 13.9. The molecule has 3 aromatic rings. The fourth-order valence-corrected chi connectivity index (χ4v) is 3.44. The summed E-state index contributed by atoms with van der Waals surface area (Å²) in [5.41, 5.74) is 2.60. The van der Waals surface area contributed by atoms with E-state index in [2.05, 4.69) is 15.3 Å². The molecule has 0 radical (unpaired) electrons. The molecule has 0 atom stereocenters. The van der Waals surface area contributed by atoms with Crippen LogP contribution in [0.5, 0.6) is 5.75 Å². The first-order valence-electron chi connectivity index (χ1n) is 8.06. The van der Waals surface area contributed by atoms with Crippen molar-refractivity contribution in [1.29, 1.82) is 0 Å². The van der Waals surface area contributed by atoms with Gasteiger partial charge in [-0.1, -0.05) is 11.8 Å². The van der Waals surface area contributed by atoms with Gasteiger partial charge in [-0.25, -0.2) is 0 Å². The molecule has 0 N–H and O–H groups in total. The van der Waals surface area contributed by atoms with E-state index in [4.69, 9.17) is 14.2 Å². The Morgan fingerprint density at radius 1 is 1.12 bits per heavy atom. The third kappa shape index (κ3) is 3.60. The lowest BCUT2D eigenvalue weighted by atomic mass is 10.1. The van der Waals surface area contributed by atoms with Gasteiger partial charge in [0.15, 0.2) is 11.9 Å². The number of nitrogens with zero attached hydrogens (tertiary/aromatic N) is 4. The molecule has 1 aliphatic heterocycles. The Hall–Kier alpha value is -2.16. The second-order valence-electron chi connectivity index (χ2n) is 5.51. The molecule has 0 unspecified atom stereocenters. The van der Waals surface area contributed by atoms with Gasteiger partial charge >= 0.3 is 0 Å².